The first-order valence-corrected chi connectivity index (χ1v) is 18.9. The Labute approximate surface area is 268 Å². The topological polar surface area (TPSA) is 34.6 Å². The normalized spacial score (nSPS) is 13.5. The minimum Gasteiger partial charge on any atom is -0.283 e. The number of rotatable bonds is 4. The number of aryl methyl sites for hydroxylation is 1. The lowest BCUT2D eigenvalue weighted by Gasteiger charge is -2.34. The van der Waals surface area contributed by atoms with Gasteiger partial charge in [0.05, 0.1) is 38.0 Å². The Bertz CT molecular complexity index is 2570. The third kappa shape index (κ3) is 3.57. The van der Waals surface area contributed by atoms with Gasteiger partial charge in [-0.3, -0.25) is 8.80 Å². The zero-order valence-corrected chi connectivity index (χ0v) is 26.9. The number of hydrogen-bond donors (Lipinski definition) is 0. The van der Waals surface area contributed by atoms with E-state index < -0.39 is 8.07 Å². The largest absolute Gasteiger partial charge is 0.283 e. The van der Waals surface area contributed by atoms with Gasteiger partial charge in [0.1, 0.15) is 0 Å². The number of thiazole rings is 2. The van der Waals surface area contributed by atoms with E-state index in [-0.39, 0.29) is 0 Å². The van der Waals surface area contributed by atoms with Gasteiger partial charge in [-0.15, -0.1) is 11.3 Å². The molecule has 0 amide bonds. The summed E-state index contributed by atoms with van der Waals surface area (Å²) in [7, 11) is -2.81. The van der Waals surface area contributed by atoms with Crippen molar-refractivity contribution in [2.24, 2.45) is 0 Å². The fraction of sp³-hybridized carbons (Fsp3) is 0.0526. The Morgan fingerprint density at radius 1 is 0.556 bits per heavy atom. The van der Waals surface area contributed by atoms with Gasteiger partial charge in [-0.05, 0) is 76.1 Å². The van der Waals surface area contributed by atoms with Crippen LogP contribution in [0.4, 0.5) is 0 Å². The van der Waals surface area contributed by atoms with Crippen LogP contribution in [-0.2, 0) is 6.42 Å². The molecule has 4 aromatic heterocycles. The highest BCUT2D eigenvalue weighted by atomic mass is 32.1. The zero-order chi connectivity index (χ0) is 29.5. The van der Waals surface area contributed by atoms with Crippen molar-refractivity contribution in [3.8, 4) is 0 Å². The third-order valence-corrected chi connectivity index (χ3v) is 16.3. The van der Waals surface area contributed by atoms with E-state index in [1.165, 1.54) is 47.1 Å². The Morgan fingerprint density at radius 3 is 1.84 bits per heavy atom. The van der Waals surface area contributed by atoms with Crippen LogP contribution in [0.5, 0.6) is 0 Å². The van der Waals surface area contributed by atoms with Gasteiger partial charge in [0.2, 0.25) is 0 Å². The highest BCUT2D eigenvalue weighted by molar-refractivity contribution is 7.23. The van der Waals surface area contributed by atoms with E-state index in [0.717, 1.165) is 39.3 Å². The van der Waals surface area contributed by atoms with Gasteiger partial charge in [-0.1, -0.05) is 102 Å². The zero-order valence-electron chi connectivity index (χ0n) is 24.2. The maximum absolute atomic E-state index is 5.11. The molecule has 7 heteroatoms. The quantitative estimate of drug-likeness (QED) is 0.157. The van der Waals surface area contributed by atoms with Crippen LogP contribution in [0.2, 0.25) is 0 Å². The Kier molecular flexibility index (Phi) is 5.43. The van der Waals surface area contributed by atoms with E-state index in [4.69, 9.17) is 9.97 Å². The fourth-order valence-corrected chi connectivity index (χ4v) is 14.4. The van der Waals surface area contributed by atoms with E-state index in [0.29, 0.717) is 0 Å². The molecule has 45 heavy (non-hydrogen) atoms. The van der Waals surface area contributed by atoms with Gasteiger partial charge in [-0.25, -0.2) is 9.97 Å². The average molecular weight is 631 g/mol. The molecule has 0 spiro atoms. The first-order chi connectivity index (χ1) is 22.3. The van der Waals surface area contributed by atoms with Crippen molar-refractivity contribution in [3.05, 3.63) is 138 Å². The molecule has 0 saturated heterocycles. The molecular weight excluding hydrogens is 605 g/mol. The number of hydrogen-bond acceptors (Lipinski definition) is 4. The number of benzene rings is 5. The standard InChI is InChI=1S/C38H26N4S2Si/c1-3-11-25(12-4-1)45(26-13-5-2-6-14-26,27-19-21-29-33(23-27)41-31-15-7-9-17-35(31)43-37(41)39-29)28-20-22-30-34(24-28)42-32-16-8-10-18-36(32)44-38(42)40-30/h1-9,11-17,19-24H,10,18H2. The molecule has 0 radical (unpaired) electrons. The molecule has 0 unspecified atom stereocenters. The maximum Gasteiger partial charge on any atom is 0.195 e. The summed E-state index contributed by atoms with van der Waals surface area (Å²) in [5.74, 6) is 0. The monoisotopic (exact) mass is 630 g/mol. The summed E-state index contributed by atoms with van der Waals surface area (Å²) in [4.78, 5) is 13.7. The van der Waals surface area contributed by atoms with Crippen LogP contribution in [0, 0.1) is 0 Å². The SMILES string of the molecule is C1=Cc2c(sc3nc4ccc([Si](c5ccccc5)(c5ccccc5)c5ccc6nc7sc8ccccc8n7c6c5)cc4n23)CC1. The Balaban J connectivity index is 1.33. The van der Waals surface area contributed by atoms with E-state index in [9.17, 15) is 0 Å². The van der Waals surface area contributed by atoms with Crippen LogP contribution in [0.15, 0.2) is 127 Å². The van der Waals surface area contributed by atoms with Crippen molar-refractivity contribution in [3.63, 3.8) is 0 Å². The number of allylic oxidation sites excluding steroid dienone is 1. The van der Waals surface area contributed by atoms with Gasteiger partial charge in [0.15, 0.2) is 18.0 Å². The summed E-state index contributed by atoms with van der Waals surface area (Å²) in [6, 6.07) is 45.1. The van der Waals surface area contributed by atoms with E-state index in [1.807, 2.05) is 11.3 Å². The summed E-state index contributed by atoms with van der Waals surface area (Å²) < 4.78 is 6.00. The molecule has 0 N–H and O–H groups in total. The first-order valence-electron chi connectivity index (χ1n) is 15.3. The molecule has 214 valence electrons. The van der Waals surface area contributed by atoms with Crippen molar-refractivity contribution in [1.29, 1.82) is 0 Å². The predicted octanol–water partition coefficient (Wildman–Crippen LogP) is 6.90. The van der Waals surface area contributed by atoms with E-state index >= 15 is 0 Å². The van der Waals surface area contributed by atoms with Gasteiger partial charge in [-0.2, -0.15) is 0 Å². The van der Waals surface area contributed by atoms with Crippen molar-refractivity contribution in [1.82, 2.24) is 18.8 Å². The second kappa shape index (κ2) is 9.59. The molecule has 10 rings (SSSR count). The molecule has 1 aliphatic carbocycles. The average Bonchev–Trinajstić information content (AvgIpc) is 3.83. The number of nitrogens with zero attached hydrogens (tertiary/aromatic N) is 4. The molecule has 0 fully saturated rings. The lowest BCUT2D eigenvalue weighted by atomic mass is 10.1. The molecule has 0 aliphatic heterocycles. The van der Waals surface area contributed by atoms with Gasteiger partial charge < -0.3 is 0 Å². The predicted molar refractivity (Wildman–Crippen MR) is 193 cm³/mol. The molecule has 4 heterocycles. The lowest BCUT2D eigenvalue weighted by molar-refractivity contribution is 0.993. The molecule has 5 aromatic carbocycles. The summed E-state index contributed by atoms with van der Waals surface area (Å²) in [6.07, 6.45) is 6.78. The molecule has 0 bridgehead atoms. The summed E-state index contributed by atoms with van der Waals surface area (Å²) in [6.45, 7) is 0. The minimum atomic E-state index is -2.81. The smallest absolute Gasteiger partial charge is 0.195 e. The number of imidazole rings is 2. The van der Waals surface area contributed by atoms with Crippen LogP contribution in [-0.4, -0.2) is 26.8 Å². The van der Waals surface area contributed by atoms with Gasteiger partial charge in [0.25, 0.3) is 0 Å². The molecule has 4 nitrogen and oxygen atoms in total. The fourth-order valence-electron chi connectivity index (χ4n) is 7.42. The Morgan fingerprint density at radius 2 is 1.16 bits per heavy atom. The summed E-state index contributed by atoms with van der Waals surface area (Å²) in [5.41, 5.74) is 6.93. The van der Waals surface area contributed by atoms with Crippen LogP contribution < -0.4 is 20.7 Å². The highest BCUT2D eigenvalue weighted by Crippen LogP contribution is 2.33. The van der Waals surface area contributed by atoms with Crippen LogP contribution >= 0.6 is 22.7 Å². The van der Waals surface area contributed by atoms with E-state index in [2.05, 4.69) is 142 Å². The van der Waals surface area contributed by atoms with Gasteiger partial charge in [0, 0.05) is 4.88 Å². The second-order valence-electron chi connectivity index (χ2n) is 11.8. The molecular formula is C38H26N4S2Si. The van der Waals surface area contributed by atoms with Crippen LogP contribution in [0.25, 0.3) is 48.3 Å². The van der Waals surface area contributed by atoms with Crippen molar-refractivity contribution < 1.29 is 0 Å². The van der Waals surface area contributed by atoms with Crippen molar-refractivity contribution >= 4 is 99.8 Å². The first kappa shape index (κ1) is 25.5. The summed E-state index contributed by atoms with van der Waals surface area (Å²) in [5, 5.41) is 5.42. The molecule has 1 aliphatic rings. The number of para-hydroxylation sites is 1. The highest BCUT2D eigenvalue weighted by Gasteiger charge is 2.42. The Hall–Kier alpha value is -4.82. The molecule has 9 aromatic rings. The van der Waals surface area contributed by atoms with E-state index in [1.54, 1.807) is 11.3 Å². The number of fused-ring (bicyclic) bond motifs is 10. The third-order valence-electron chi connectivity index (χ3n) is 9.39. The second-order valence-corrected chi connectivity index (χ2v) is 17.7. The van der Waals surface area contributed by atoms with Gasteiger partial charge >= 0.3 is 0 Å². The lowest BCUT2D eigenvalue weighted by Crippen LogP contribution is -2.74. The minimum absolute atomic E-state index is 1.03. The van der Waals surface area contributed by atoms with Crippen molar-refractivity contribution in [2.45, 2.75) is 12.8 Å². The summed E-state index contributed by atoms with van der Waals surface area (Å²) >= 11 is 3.59. The number of aromatic nitrogens is 4. The van der Waals surface area contributed by atoms with Crippen molar-refractivity contribution in [2.75, 3.05) is 0 Å². The van der Waals surface area contributed by atoms with Crippen LogP contribution in [0.1, 0.15) is 17.0 Å². The maximum atomic E-state index is 5.11. The van der Waals surface area contributed by atoms with Crippen LogP contribution in [0.3, 0.4) is 0 Å². The molecule has 0 saturated carbocycles. The molecule has 0 atom stereocenters.